The minimum Gasteiger partial charge on any atom is -0.354 e. The van der Waals surface area contributed by atoms with Gasteiger partial charge in [-0.15, -0.1) is 0 Å². The van der Waals surface area contributed by atoms with Gasteiger partial charge in [0.1, 0.15) is 12.1 Å². The molecule has 0 unspecified atom stereocenters. The highest BCUT2D eigenvalue weighted by Gasteiger charge is 2.42. The Morgan fingerprint density at radius 1 is 0.617 bits per heavy atom. The van der Waals surface area contributed by atoms with Gasteiger partial charge in [0.15, 0.2) is 0 Å². The van der Waals surface area contributed by atoms with E-state index in [1.54, 1.807) is 0 Å². The summed E-state index contributed by atoms with van der Waals surface area (Å²) < 4.78 is 8.42. The summed E-state index contributed by atoms with van der Waals surface area (Å²) in [6.07, 6.45) is 30.9. The van der Waals surface area contributed by atoms with Crippen LogP contribution in [-0.2, 0) is 22.7 Å². The number of nitrogens with two attached hydrogens (primary N) is 1. The van der Waals surface area contributed by atoms with Gasteiger partial charge in [-0.05, 0) is 145 Å². The van der Waals surface area contributed by atoms with Gasteiger partial charge >= 0.3 is 6.03 Å². The van der Waals surface area contributed by atoms with Crippen LogP contribution in [0.1, 0.15) is 102 Å². The maximum atomic E-state index is 12.9. The molecular formula is C46H72N10O3S. The first kappa shape index (κ1) is 46.7. The number of carbonyl (C=O) groups excluding carboxylic acids is 3. The summed E-state index contributed by atoms with van der Waals surface area (Å²) in [5, 5.41) is 16.4. The number of thioether (sulfide) groups is 1. The van der Waals surface area contributed by atoms with Gasteiger partial charge in [-0.2, -0.15) is 11.8 Å². The third-order valence-corrected chi connectivity index (χ3v) is 13.0. The smallest absolute Gasteiger partial charge is 0.315 e. The van der Waals surface area contributed by atoms with Crippen LogP contribution in [0, 0.1) is 0 Å². The van der Waals surface area contributed by atoms with Crippen LogP contribution in [0.25, 0.3) is 0 Å². The normalized spacial score (nSPS) is 17.9. The Kier molecular flexibility index (Phi) is 21.3. The predicted octanol–water partition coefficient (Wildman–Crippen LogP) is 6.47. The summed E-state index contributed by atoms with van der Waals surface area (Å²) >= 11 is 2.00. The molecule has 13 nitrogen and oxygen atoms in total. The van der Waals surface area contributed by atoms with Crippen LogP contribution in [0.5, 0.6) is 0 Å². The topological polar surface area (TPSA) is 157 Å². The number of hydrogen-bond acceptors (Lipinski definition) is 6. The molecule has 6 rings (SSSR count). The number of nitrogens with zero attached hydrogens (tertiary/aromatic N) is 4. The van der Waals surface area contributed by atoms with Crippen molar-refractivity contribution in [2.45, 2.75) is 132 Å². The summed E-state index contributed by atoms with van der Waals surface area (Å²) in [5.74, 6) is 1.28. The molecule has 0 spiro atoms. The van der Waals surface area contributed by atoms with Gasteiger partial charge in [0, 0.05) is 86.8 Å². The molecule has 4 aromatic heterocycles. The van der Waals surface area contributed by atoms with E-state index >= 15 is 0 Å². The zero-order valence-electron chi connectivity index (χ0n) is 35.7. The molecule has 0 bridgehead atoms. The van der Waals surface area contributed by atoms with Crippen LogP contribution in [0.15, 0.2) is 98.1 Å². The van der Waals surface area contributed by atoms with Crippen LogP contribution in [-0.4, -0.2) is 91.9 Å². The number of nitrogens with one attached hydrogen (secondary N) is 5. The molecule has 2 aliphatic rings. The van der Waals surface area contributed by atoms with Crippen molar-refractivity contribution in [3.63, 3.8) is 0 Å². The molecule has 0 radical (unpaired) electrons. The maximum absolute atomic E-state index is 12.9. The Balaban J connectivity index is 0.000000255. The van der Waals surface area contributed by atoms with Crippen molar-refractivity contribution in [3.8, 4) is 0 Å². The molecule has 7 N–H and O–H groups in total. The SMILES string of the molecule is NCCCCNC(=O)[C@H](CCCCn1cccc1)n1cccc1.O=C1N[C@H]2[C@H](CS[C@H]2CCCCCNCCCCNC(=O)[C@H](CCCCn2cccc2)n2cccc2)N1. The third-order valence-electron chi connectivity index (χ3n) is 11.5. The lowest BCUT2D eigenvalue weighted by Crippen LogP contribution is -2.36. The number of aromatic nitrogens is 4. The number of aryl methyl sites for hydroxylation is 2. The fourth-order valence-electron chi connectivity index (χ4n) is 8.09. The van der Waals surface area contributed by atoms with Crippen molar-refractivity contribution < 1.29 is 14.4 Å². The minimum absolute atomic E-state index is 0.00384. The Morgan fingerprint density at radius 2 is 1.10 bits per heavy atom. The summed E-state index contributed by atoms with van der Waals surface area (Å²) in [5.41, 5.74) is 5.48. The van der Waals surface area contributed by atoms with E-state index in [0.717, 1.165) is 103 Å². The first-order valence-electron chi connectivity index (χ1n) is 22.6. The monoisotopic (exact) mass is 845 g/mol. The average Bonchev–Trinajstić information content (AvgIpc) is 4.11. The number of unbranched alkanes of at least 4 members (excludes halogenated alkanes) is 6. The summed E-state index contributed by atoms with van der Waals surface area (Å²) in [6.45, 7) is 6.16. The van der Waals surface area contributed by atoms with Crippen LogP contribution in [0.2, 0.25) is 0 Å². The number of carbonyl (C=O) groups is 3. The molecule has 4 amide bonds. The van der Waals surface area contributed by atoms with Gasteiger partial charge < -0.3 is 50.6 Å². The fraction of sp³-hybridized carbons (Fsp3) is 0.587. The molecule has 0 aliphatic carbocycles. The molecule has 2 saturated heterocycles. The minimum atomic E-state index is -0.132. The Hall–Kier alpha value is -4.40. The van der Waals surface area contributed by atoms with E-state index in [9.17, 15) is 14.4 Å². The number of rotatable bonds is 29. The lowest BCUT2D eigenvalue weighted by atomic mass is 10.0. The van der Waals surface area contributed by atoms with Crippen LogP contribution in [0.3, 0.4) is 0 Å². The lowest BCUT2D eigenvalue weighted by molar-refractivity contribution is -0.125. The zero-order valence-corrected chi connectivity index (χ0v) is 36.5. The van der Waals surface area contributed by atoms with Crippen LogP contribution >= 0.6 is 11.8 Å². The molecule has 60 heavy (non-hydrogen) atoms. The molecule has 330 valence electrons. The molecular weight excluding hydrogens is 773 g/mol. The number of fused-ring (bicyclic) bond motifs is 1. The van der Waals surface area contributed by atoms with Crippen molar-refractivity contribution in [3.05, 3.63) is 98.1 Å². The van der Waals surface area contributed by atoms with E-state index in [-0.39, 0.29) is 29.9 Å². The van der Waals surface area contributed by atoms with Crippen LogP contribution < -0.4 is 32.3 Å². The van der Waals surface area contributed by atoms with Crippen molar-refractivity contribution in [2.24, 2.45) is 5.73 Å². The van der Waals surface area contributed by atoms with E-state index in [1.807, 2.05) is 94.2 Å². The van der Waals surface area contributed by atoms with Gasteiger partial charge in [0.25, 0.3) is 0 Å². The van der Waals surface area contributed by atoms with Crippen molar-refractivity contribution in [2.75, 3.05) is 38.5 Å². The Labute approximate surface area is 362 Å². The second-order valence-corrected chi connectivity index (χ2v) is 17.4. The largest absolute Gasteiger partial charge is 0.354 e. The quantitative estimate of drug-likeness (QED) is 0.0272. The van der Waals surface area contributed by atoms with Gasteiger partial charge in [-0.25, -0.2) is 4.79 Å². The van der Waals surface area contributed by atoms with E-state index in [1.165, 1.54) is 25.7 Å². The van der Waals surface area contributed by atoms with Crippen molar-refractivity contribution in [1.82, 2.24) is 44.9 Å². The predicted molar refractivity (Wildman–Crippen MR) is 244 cm³/mol. The molecule has 14 heteroatoms. The molecule has 0 saturated carbocycles. The highest BCUT2D eigenvalue weighted by Crippen LogP contribution is 2.33. The van der Waals surface area contributed by atoms with Crippen LogP contribution in [0.4, 0.5) is 4.79 Å². The third kappa shape index (κ3) is 16.6. The first-order valence-corrected chi connectivity index (χ1v) is 23.7. The molecule has 6 heterocycles. The van der Waals surface area contributed by atoms with Gasteiger partial charge in [0.2, 0.25) is 11.8 Å². The molecule has 5 atom stereocenters. The fourth-order valence-corrected chi connectivity index (χ4v) is 9.63. The molecule has 4 aromatic rings. The first-order chi connectivity index (χ1) is 29.5. The van der Waals surface area contributed by atoms with E-state index in [4.69, 9.17) is 5.73 Å². The van der Waals surface area contributed by atoms with E-state index < -0.39 is 0 Å². The summed E-state index contributed by atoms with van der Waals surface area (Å²) in [6, 6.07) is 16.5. The standard InChI is InChI=1S/C28H44N6O2S.C18H28N4O/c35-27(24(34-20-10-11-21-34)12-3-7-17-33-18-8-9-19-33)30-16-6-5-15-29-14-4-1-2-13-25-26-23(22-37-25)31-28(36)32-26;19-10-2-3-11-20-18(23)17(22-15-7-8-16-22)9-1-4-12-21-13-5-6-14-21/h8-11,18-21,23-26,29H,1-7,12-17,22H2,(H,30,35)(H2,31,32,36);5-8,13-17H,1-4,9-12,19H2,(H,20,23)/t23-,24-,25-,26-;17-/m00/s1. The number of urea groups is 1. The maximum Gasteiger partial charge on any atom is 0.315 e. The number of hydrogen-bond donors (Lipinski definition) is 6. The Bertz CT molecular complexity index is 1700. The number of amides is 4. The second-order valence-electron chi connectivity index (χ2n) is 16.1. The highest BCUT2D eigenvalue weighted by atomic mass is 32.2. The molecule has 2 fully saturated rings. The second kappa shape index (κ2) is 27.4. The van der Waals surface area contributed by atoms with Crippen molar-refractivity contribution >= 4 is 29.6 Å². The zero-order chi connectivity index (χ0) is 42.0. The average molecular weight is 845 g/mol. The van der Waals surface area contributed by atoms with Gasteiger partial charge in [0.05, 0.1) is 12.1 Å². The summed E-state index contributed by atoms with van der Waals surface area (Å²) in [7, 11) is 0. The summed E-state index contributed by atoms with van der Waals surface area (Å²) in [4.78, 5) is 36.8. The van der Waals surface area contributed by atoms with Crippen molar-refractivity contribution in [1.29, 1.82) is 0 Å². The van der Waals surface area contributed by atoms with E-state index in [2.05, 4.69) is 60.5 Å². The van der Waals surface area contributed by atoms with Gasteiger partial charge in [-0.3, -0.25) is 9.59 Å². The highest BCUT2D eigenvalue weighted by molar-refractivity contribution is 8.00. The Morgan fingerprint density at radius 3 is 1.63 bits per heavy atom. The molecule has 0 aromatic carbocycles. The molecule has 2 aliphatic heterocycles. The van der Waals surface area contributed by atoms with E-state index in [0.29, 0.717) is 30.4 Å². The van der Waals surface area contributed by atoms with Gasteiger partial charge in [-0.1, -0.05) is 12.8 Å². The lowest BCUT2D eigenvalue weighted by Gasteiger charge is -2.19.